The van der Waals surface area contributed by atoms with E-state index in [-0.39, 0.29) is 5.82 Å². The molecule has 0 spiro atoms. The number of rotatable bonds is 3. The van der Waals surface area contributed by atoms with Gasteiger partial charge in [0.2, 0.25) is 0 Å². The minimum Gasteiger partial charge on any atom is -0.372 e. The lowest BCUT2D eigenvalue weighted by Gasteiger charge is -2.33. The fraction of sp³-hybridized carbons (Fsp3) is 0.556. The van der Waals surface area contributed by atoms with Crippen molar-refractivity contribution in [1.29, 1.82) is 0 Å². The normalized spacial score (nSPS) is 24.8. The second kappa shape index (κ2) is 6.29. The average molecular weight is 439 g/mol. The van der Waals surface area contributed by atoms with Crippen LogP contribution in [0.15, 0.2) is 9.63 Å². The molecule has 0 amide bonds. The molecule has 1 aromatic heterocycles. The van der Waals surface area contributed by atoms with Gasteiger partial charge in [-0.2, -0.15) is 0 Å². The molecule has 2 saturated heterocycles. The number of likely N-dealkylation sites (N-methyl/N-ethyl adjacent to an activating group) is 1. The SMILES string of the molecule is CCSc1nc(N2C[C@H]3C[C@@H]2CN3C)c2c3c(c(Br)c(F)c2n1)COC3. The lowest BCUT2D eigenvalue weighted by Crippen LogP contribution is -2.45. The van der Waals surface area contributed by atoms with E-state index in [1.807, 2.05) is 0 Å². The molecule has 4 heterocycles. The Labute approximate surface area is 164 Å². The molecule has 0 aliphatic carbocycles. The average Bonchev–Trinajstić information content (AvgIpc) is 3.34. The summed E-state index contributed by atoms with van der Waals surface area (Å²) in [5, 5.41) is 1.49. The second-order valence-corrected chi connectivity index (χ2v) is 9.22. The van der Waals surface area contributed by atoms with E-state index in [0.717, 1.165) is 47.6 Å². The van der Waals surface area contributed by atoms with Gasteiger partial charge in [-0.25, -0.2) is 14.4 Å². The maximum atomic E-state index is 15.2. The molecule has 0 saturated carbocycles. The highest BCUT2D eigenvalue weighted by molar-refractivity contribution is 9.10. The molecule has 2 fully saturated rings. The highest BCUT2D eigenvalue weighted by Crippen LogP contribution is 2.43. The minimum atomic E-state index is -0.299. The van der Waals surface area contributed by atoms with E-state index in [2.05, 4.69) is 44.7 Å². The van der Waals surface area contributed by atoms with E-state index in [4.69, 9.17) is 9.72 Å². The first-order valence-electron chi connectivity index (χ1n) is 8.96. The molecule has 0 unspecified atom stereocenters. The van der Waals surface area contributed by atoms with Crippen LogP contribution in [0.3, 0.4) is 0 Å². The van der Waals surface area contributed by atoms with Crippen molar-refractivity contribution in [3.05, 3.63) is 21.4 Å². The third kappa shape index (κ3) is 2.42. The van der Waals surface area contributed by atoms with Crippen molar-refractivity contribution in [1.82, 2.24) is 14.9 Å². The van der Waals surface area contributed by atoms with Gasteiger partial charge in [0.1, 0.15) is 11.3 Å². The van der Waals surface area contributed by atoms with Crippen LogP contribution in [0.25, 0.3) is 10.9 Å². The van der Waals surface area contributed by atoms with E-state index in [1.165, 1.54) is 0 Å². The molecular formula is C18H20BrFN4OS. The number of likely N-dealkylation sites (tertiary alicyclic amines) is 1. The third-order valence-electron chi connectivity index (χ3n) is 5.75. The summed E-state index contributed by atoms with van der Waals surface area (Å²) < 4.78 is 21.3. The van der Waals surface area contributed by atoms with Gasteiger partial charge < -0.3 is 9.64 Å². The van der Waals surface area contributed by atoms with Crippen LogP contribution in [0.4, 0.5) is 10.2 Å². The number of hydrogen-bond donors (Lipinski definition) is 0. The number of anilines is 1. The van der Waals surface area contributed by atoms with Crippen molar-refractivity contribution in [2.24, 2.45) is 0 Å². The zero-order chi connectivity index (χ0) is 18.0. The maximum Gasteiger partial charge on any atom is 0.190 e. The number of halogens is 2. The number of nitrogens with zero attached hydrogens (tertiary/aromatic N) is 4. The molecule has 2 atom stereocenters. The van der Waals surface area contributed by atoms with Gasteiger partial charge in [-0.3, -0.25) is 4.90 Å². The number of benzene rings is 1. The van der Waals surface area contributed by atoms with Crippen LogP contribution in [-0.4, -0.2) is 52.8 Å². The van der Waals surface area contributed by atoms with E-state index in [1.54, 1.807) is 11.8 Å². The first-order chi connectivity index (χ1) is 12.6. The number of ether oxygens (including phenoxy) is 1. The molecule has 3 aliphatic rings. The van der Waals surface area contributed by atoms with Crippen LogP contribution in [0.2, 0.25) is 0 Å². The largest absolute Gasteiger partial charge is 0.372 e. The summed E-state index contributed by atoms with van der Waals surface area (Å²) in [6.07, 6.45) is 1.15. The Hall–Kier alpha value is -0.960. The highest BCUT2D eigenvalue weighted by Gasteiger charge is 2.43. The summed E-state index contributed by atoms with van der Waals surface area (Å²) >= 11 is 4.98. The number of thioether (sulfide) groups is 1. The van der Waals surface area contributed by atoms with Crippen LogP contribution in [0.5, 0.6) is 0 Å². The Bertz CT molecular complexity index is 909. The van der Waals surface area contributed by atoms with E-state index < -0.39 is 0 Å². The number of hydrogen-bond acceptors (Lipinski definition) is 6. The molecular weight excluding hydrogens is 419 g/mol. The summed E-state index contributed by atoms with van der Waals surface area (Å²) in [5.74, 6) is 1.45. The van der Waals surface area contributed by atoms with Gasteiger partial charge in [0.15, 0.2) is 11.0 Å². The molecule has 0 radical (unpaired) electrons. The van der Waals surface area contributed by atoms with Gasteiger partial charge >= 0.3 is 0 Å². The molecule has 0 N–H and O–H groups in total. The Kier molecular flexibility index (Phi) is 4.15. The third-order valence-corrected chi connectivity index (χ3v) is 7.31. The molecule has 8 heteroatoms. The van der Waals surface area contributed by atoms with E-state index >= 15 is 4.39 Å². The number of piperazine rings is 1. The van der Waals surface area contributed by atoms with Crippen molar-refractivity contribution in [2.45, 2.75) is 43.8 Å². The van der Waals surface area contributed by atoms with E-state index in [0.29, 0.717) is 40.4 Å². The minimum absolute atomic E-state index is 0.299. The van der Waals surface area contributed by atoms with Gasteiger partial charge in [0, 0.05) is 30.7 Å². The smallest absolute Gasteiger partial charge is 0.190 e. The van der Waals surface area contributed by atoms with E-state index in [9.17, 15) is 0 Å². The van der Waals surface area contributed by atoms with Crippen molar-refractivity contribution in [3.63, 3.8) is 0 Å². The summed E-state index contributed by atoms with van der Waals surface area (Å²) in [7, 11) is 2.18. The standard InChI is InChI=1S/C18H20BrFN4OS/c1-3-26-18-21-16-13(11-7-25-8-12(11)14(19)15(16)20)17(22-18)24-6-9-4-10(24)5-23(9)2/h9-10H,3-8H2,1-2H3/t9-,10-/m1/s1. The first kappa shape index (κ1) is 17.2. The van der Waals surface area contributed by atoms with Crippen molar-refractivity contribution < 1.29 is 9.13 Å². The maximum absolute atomic E-state index is 15.2. The Morgan fingerprint density at radius 2 is 2.04 bits per heavy atom. The molecule has 26 heavy (non-hydrogen) atoms. The fourth-order valence-electron chi connectivity index (χ4n) is 4.48. The van der Waals surface area contributed by atoms with Crippen LogP contribution >= 0.6 is 27.7 Å². The molecule has 2 bridgehead atoms. The zero-order valence-corrected chi connectivity index (χ0v) is 17.2. The Morgan fingerprint density at radius 3 is 2.73 bits per heavy atom. The number of aromatic nitrogens is 2. The fourth-order valence-corrected chi connectivity index (χ4v) is 5.58. The van der Waals surface area contributed by atoms with Crippen LogP contribution in [0.1, 0.15) is 24.5 Å². The molecule has 2 aromatic rings. The molecule has 138 valence electrons. The second-order valence-electron chi connectivity index (χ2n) is 7.20. The van der Waals surface area contributed by atoms with Gasteiger partial charge in [-0.1, -0.05) is 18.7 Å². The molecule has 5 rings (SSSR count). The quantitative estimate of drug-likeness (QED) is 0.538. The van der Waals surface area contributed by atoms with Crippen LogP contribution < -0.4 is 4.90 Å². The molecule has 5 nitrogen and oxygen atoms in total. The number of fused-ring (bicyclic) bond motifs is 5. The van der Waals surface area contributed by atoms with Gasteiger partial charge in [-0.15, -0.1) is 0 Å². The molecule has 1 aromatic carbocycles. The topological polar surface area (TPSA) is 41.5 Å². The summed E-state index contributed by atoms with van der Waals surface area (Å²) in [5.41, 5.74) is 2.35. The Balaban J connectivity index is 1.76. The lowest BCUT2D eigenvalue weighted by atomic mass is 10.0. The lowest BCUT2D eigenvalue weighted by molar-refractivity contribution is 0.134. The monoisotopic (exact) mass is 438 g/mol. The van der Waals surface area contributed by atoms with Crippen molar-refractivity contribution in [2.75, 3.05) is 30.8 Å². The summed E-state index contributed by atoms with van der Waals surface area (Å²) in [6.45, 7) is 4.96. The van der Waals surface area contributed by atoms with Crippen molar-refractivity contribution >= 4 is 44.4 Å². The Morgan fingerprint density at radius 1 is 1.23 bits per heavy atom. The molecule has 3 aliphatic heterocycles. The summed E-state index contributed by atoms with van der Waals surface area (Å²) in [6, 6.07) is 0.990. The van der Waals surface area contributed by atoms with Crippen LogP contribution in [-0.2, 0) is 18.0 Å². The summed E-state index contributed by atoms with van der Waals surface area (Å²) in [4.78, 5) is 14.2. The zero-order valence-electron chi connectivity index (χ0n) is 14.8. The van der Waals surface area contributed by atoms with Gasteiger partial charge in [-0.05, 0) is 40.7 Å². The van der Waals surface area contributed by atoms with Crippen LogP contribution in [0, 0.1) is 5.82 Å². The van der Waals surface area contributed by atoms with Crippen molar-refractivity contribution in [3.8, 4) is 0 Å². The first-order valence-corrected chi connectivity index (χ1v) is 10.7. The predicted molar refractivity (Wildman–Crippen MR) is 104 cm³/mol. The van der Waals surface area contributed by atoms with Gasteiger partial charge in [0.25, 0.3) is 0 Å². The predicted octanol–water partition coefficient (Wildman–Crippen LogP) is 3.57. The highest BCUT2D eigenvalue weighted by atomic mass is 79.9. The van der Waals surface area contributed by atoms with Gasteiger partial charge in [0.05, 0.1) is 23.1 Å².